The second-order valence-corrected chi connectivity index (χ2v) is 8.26. The number of amides is 3. The Morgan fingerprint density at radius 3 is 2.69 bits per heavy atom. The van der Waals surface area contributed by atoms with Crippen molar-refractivity contribution in [2.75, 3.05) is 19.9 Å². The van der Waals surface area contributed by atoms with E-state index in [4.69, 9.17) is 9.47 Å². The maximum absolute atomic E-state index is 12.7. The molecule has 32 heavy (non-hydrogen) atoms. The molecule has 1 fully saturated rings. The van der Waals surface area contributed by atoms with Crippen molar-refractivity contribution in [2.45, 2.75) is 0 Å². The Morgan fingerprint density at radius 2 is 1.81 bits per heavy atom. The van der Waals surface area contributed by atoms with Crippen molar-refractivity contribution in [1.82, 2.24) is 10.2 Å². The molecular weight excluding hydrogens is 428 g/mol. The number of thioether (sulfide) groups is 1. The topological polar surface area (TPSA) is 84.9 Å². The summed E-state index contributed by atoms with van der Waals surface area (Å²) in [5, 5.41) is 4.44. The molecule has 3 aromatic rings. The summed E-state index contributed by atoms with van der Waals surface area (Å²) >= 11 is 0.880. The SMILES string of the molecule is O=C(NCCN1C(=O)SC(=Cc2ccc3c(c2)OCO3)C1=O)c1ccc2ccccc2c1. The van der Waals surface area contributed by atoms with Gasteiger partial charge in [0.2, 0.25) is 6.79 Å². The molecule has 2 aliphatic heterocycles. The van der Waals surface area contributed by atoms with Crippen molar-refractivity contribution in [3.63, 3.8) is 0 Å². The van der Waals surface area contributed by atoms with E-state index in [1.807, 2.05) is 36.4 Å². The van der Waals surface area contributed by atoms with Crippen LogP contribution in [-0.4, -0.2) is 41.8 Å². The van der Waals surface area contributed by atoms with Crippen LogP contribution in [0.25, 0.3) is 16.8 Å². The van der Waals surface area contributed by atoms with Crippen LogP contribution in [0, 0.1) is 0 Å². The van der Waals surface area contributed by atoms with E-state index in [0.717, 1.165) is 33.0 Å². The van der Waals surface area contributed by atoms with E-state index in [0.29, 0.717) is 22.0 Å². The van der Waals surface area contributed by atoms with E-state index in [2.05, 4.69) is 5.32 Å². The highest BCUT2D eigenvalue weighted by Gasteiger charge is 2.34. The summed E-state index contributed by atoms with van der Waals surface area (Å²) in [7, 11) is 0. The molecule has 0 aromatic heterocycles. The van der Waals surface area contributed by atoms with Gasteiger partial charge in [0.1, 0.15) is 0 Å². The van der Waals surface area contributed by atoms with Gasteiger partial charge >= 0.3 is 0 Å². The van der Waals surface area contributed by atoms with E-state index in [1.165, 1.54) is 0 Å². The van der Waals surface area contributed by atoms with Crippen LogP contribution in [-0.2, 0) is 4.79 Å². The average Bonchev–Trinajstić information content (AvgIpc) is 3.38. The smallest absolute Gasteiger partial charge is 0.293 e. The summed E-state index contributed by atoms with van der Waals surface area (Å²) in [5.41, 5.74) is 1.27. The molecule has 0 aliphatic carbocycles. The largest absolute Gasteiger partial charge is 0.454 e. The van der Waals surface area contributed by atoms with Crippen LogP contribution >= 0.6 is 11.8 Å². The Balaban J connectivity index is 1.21. The van der Waals surface area contributed by atoms with Crippen LogP contribution < -0.4 is 14.8 Å². The zero-order valence-corrected chi connectivity index (χ0v) is 17.7. The molecule has 7 nitrogen and oxygen atoms in total. The van der Waals surface area contributed by atoms with Crippen molar-refractivity contribution in [3.8, 4) is 11.5 Å². The highest BCUT2D eigenvalue weighted by atomic mass is 32.2. The van der Waals surface area contributed by atoms with Crippen LogP contribution in [0.5, 0.6) is 11.5 Å². The quantitative estimate of drug-likeness (QED) is 0.596. The van der Waals surface area contributed by atoms with E-state index in [1.54, 1.807) is 30.3 Å². The fraction of sp³-hybridized carbons (Fsp3) is 0.125. The summed E-state index contributed by atoms with van der Waals surface area (Å²) in [6.45, 7) is 0.434. The molecule has 2 heterocycles. The maximum Gasteiger partial charge on any atom is 0.293 e. The molecule has 0 unspecified atom stereocenters. The number of nitrogens with zero attached hydrogens (tertiary/aromatic N) is 1. The number of benzene rings is 3. The number of hydrogen-bond donors (Lipinski definition) is 1. The molecule has 1 saturated heterocycles. The first-order valence-corrected chi connectivity index (χ1v) is 10.8. The van der Waals surface area contributed by atoms with Gasteiger partial charge in [0, 0.05) is 18.7 Å². The van der Waals surface area contributed by atoms with Gasteiger partial charge in [-0.3, -0.25) is 19.3 Å². The minimum absolute atomic E-state index is 0.0997. The fourth-order valence-corrected chi connectivity index (χ4v) is 4.43. The van der Waals surface area contributed by atoms with Crippen molar-refractivity contribution in [3.05, 3.63) is 76.7 Å². The van der Waals surface area contributed by atoms with Gasteiger partial charge in [-0.25, -0.2) is 0 Å². The molecule has 5 rings (SSSR count). The zero-order valence-electron chi connectivity index (χ0n) is 16.9. The van der Waals surface area contributed by atoms with E-state index in [-0.39, 0.29) is 36.9 Å². The van der Waals surface area contributed by atoms with E-state index >= 15 is 0 Å². The van der Waals surface area contributed by atoms with Gasteiger partial charge in [0.25, 0.3) is 17.1 Å². The van der Waals surface area contributed by atoms with Gasteiger partial charge in [0.15, 0.2) is 11.5 Å². The predicted molar refractivity (Wildman–Crippen MR) is 122 cm³/mol. The molecule has 0 atom stereocenters. The molecule has 160 valence electrons. The lowest BCUT2D eigenvalue weighted by atomic mass is 10.1. The molecule has 8 heteroatoms. The molecule has 3 amide bonds. The van der Waals surface area contributed by atoms with Gasteiger partial charge in [-0.05, 0) is 58.4 Å². The van der Waals surface area contributed by atoms with Crippen LogP contribution in [0.1, 0.15) is 15.9 Å². The molecule has 0 saturated carbocycles. The Hall–Kier alpha value is -3.78. The van der Waals surface area contributed by atoms with Gasteiger partial charge in [-0.15, -0.1) is 0 Å². The van der Waals surface area contributed by atoms with E-state index < -0.39 is 0 Å². The highest BCUT2D eigenvalue weighted by molar-refractivity contribution is 8.18. The maximum atomic E-state index is 12.7. The summed E-state index contributed by atoms with van der Waals surface area (Å²) < 4.78 is 10.6. The van der Waals surface area contributed by atoms with Crippen LogP contribution in [0.3, 0.4) is 0 Å². The van der Waals surface area contributed by atoms with Crippen molar-refractivity contribution >= 4 is 45.7 Å². The number of fused-ring (bicyclic) bond motifs is 2. The number of ether oxygens (including phenoxy) is 2. The summed E-state index contributed by atoms with van der Waals surface area (Å²) in [6.07, 6.45) is 1.65. The Morgan fingerprint density at radius 1 is 1.00 bits per heavy atom. The van der Waals surface area contributed by atoms with Gasteiger partial charge in [-0.1, -0.05) is 36.4 Å². The first-order valence-electron chi connectivity index (χ1n) is 10.0. The Labute approximate surface area is 188 Å². The number of rotatable bonds is 5. The van der Waals surface area contributed by atoms with Crippen LogP contribution in [0.2, 0.25) is 0 Å². The highest BCUT2D eigenvalue weighted by Crippen LogP contribution is 2.36. The lowest BCUT2D eigenvalue weighted by molar-refractivity contribution is -0.122. The number of imide groups is 1. The second kappa shape index (κ2) is 8.39. The third kappa shape index (κ3) is 3.92. The molecule has 1 N–H and O–H groups in total. The number of carbonyl (C=O) groups is 3. The molecular formula is C24H18N2O5S. The third-order valence-electron chi connectivity index (χ3n) is 5.20. The zero-order chi connectivity index (χ0) is 22.1. The summed E-state index contributed by atoms with van der Waals surface area (Å²) in [6, 6.07) is 18.6. The third-order valence-corrected chi connectivity index (χ3v) is 6.11. The normalized spacial score (nSPS) is 16.2. The van der Waals surface area contributed by atoms with Crippen LogP contribution in [0.15, 0.2) is 65.6 Å². The first-order chi connectivity index (χ1) is 15.6. The summed E-state index contributed by atoms with van der Waals surface area (Å²) in [4.78, 5) is 39.0. The monoisotopic (exact) mass is 446 g/mol. The lowest BCUT2D eigenvalue weighted by Gasteiger charge is -2.13. The minimum atomic E-state index is -0.377. The van der Waals surface area contributed by atoms with Gasteiger partial charge in [0.05, 0.1) is 4.91 Å². The first kappa shape index (κ1) is 20.1. The van der Waals surface area contributed by atoms with Gasteiger partial charge < -0.3 is 14.8 Å². The Kier molecular flexibility index (Phi) is 5.28. The fourth-order valence-electron chi connectivity index (χ4n) is 3.56. The molecule has 0 radical (unpaired) electrons. The Bertz CT molecular complexity index is 1290. The van der Waals surface area contributed by atoms with Crippen LogP contribution in [0.4, 0.5) is 4.79 Å². The van der Waals surface area contributed by atoms with Crippen molar-refractivity contribution in [2.24, 2.45) is 0 Å². The molecule has 3 aromatic carbocycles. The second-order valence-electron chi connectivity index (χ2n) is 7.26. The number of nitrogens with one attached hydrogen (secondary N) is 1. The number of hydrogen-bond acceptors (Lipinski definition) is 6. The standard InChI is InChI=1S/C24H18N2O5S/c27-22(18-7-6-16-3-1-2-4-17(16)13-18)25-9-10-26-23(28)21(32-24(26)29)12-15-5-8-19-20(11-15)31-14-30-19/h1-8,11-13H,9-10,14H2,(H,25,27). The minimum Gasteiger partial charge on any atom is -0.454 e. The molecule has 2 aliphatic rings. The lowest BCUT2D eigenvalue weighted by Crippen LogP contribution is -2.37. The summed E-state index contributed by atoms with van der Waals surface area (Å²) in [5.74, 6) is 0.628. The molecule has 0 spiro atoms. The van der Waals surface area contributed by atoms with Crippen molar-refractivity contribution in [1.29, 1.82) is 0 Å². The molecule has 0 bridgehead atoms. The average molecular weight is 446 g/mol. The van der Waals surface area contributed by atoms with Gasteiger partial charge in [-0.2, -0.15) is 0 Å². The predicted octanol–water partition coefficient (Wildman–Crippen LogP) is 4.03. The van der Waals surface area contributed by atoms with E-state index in [9.17, 15) is 14.4 Å². The van der Waals surface area contributed by atoms with Crippen molar-refractivity contribution < 1.29 is 23.9 Å². The number of carbonyl (C=O) groups excluding carboxylic acids is 3.